The number of Topliss-reactive ketones (excluding diaryl/α,β-unsaturated/α-hetero) is 1. The molecule has 2 rings (SSSR count). The van der Waals surface area contributed by atoms with Gasteiger partial charge in [-0.3, -0.25) is 9.59 Å². The van der Waals surface area contributed by atoms with Crippen molar-refractivity contribution in [2.45, 2.75) is 13.5 Å². The Morgan fingerprint density at radius 3 is 2.78 bits per heavy atom. The Labute approximate surface area is 108 Å². The van der Waals surface area contributed by atoms with Gasteiger partial charge in [0.15, 0.2) is 5.78 Å². The number of benzene rings is 1. The number of ketones is 1. The van der Waals surface area contributed by atoms with Crippen molar-refractivity contribution in [3.63, 3.8) is 0 Å². The summed E-state index contributed by atoms with van der Waals surface area (Å²) >= 11 is 1.15. The first-order valence-corrected chi connectivity index (χ1v) is 6.31. The van der Waals surface area contributed by atoms with Crippen molar-refractivity contribution in [1.29, 1.82) is 0 Å². The standard InChI is InChI=1S/C13H13NO3S/c1-9(15)10-3-4-12(17-2)11(7-10)8-14-5-6-18-13(14)16/h3-7H,8H2,1-2H3. The summed E-state index contributed by atoms with van der Waals surface area (Å²) in [5.74, 6) is 0.676. The molecule has 18 heavy (non-hydrogen) atoms. The van der Waals surface area contributed by atoms with Gasteiger partial charge in [0.25, 0.3) is 0 Å². The summed E-state index contributed by atoms with van der Waals surface area (Å²) < 4.78 is 6.84. The molecule has 0 aliphatic heterocycles. The van der Waals surface area contributed by atoms with Crippen molar-refractivity contribution >= 4 is 17.1 Å². The zero-order valence-electron chi connectivity index (χ0n) is 10.2. The maximum atomic E-state index is 11.5. The maximum Gasteiger partial charge on any atom is 0.307 e. The molecule has 0 atom stereocenters. The average molecular weight is 263 g/mol. The average Bonchev–Trinajstić information content (AvgIpc) is 2.75. The molecule has 0 aliphatic rings. The lowest BCUT2D eigenvalue weighted by Crippen LogP contribution is -2.13. The third-order valence-electron chi connectivity index (χ3n) is 2.67. The van der Waals surface area contributed by atoms with Gasteiger partial charge in [-0.1, -0.05) is 11.3 Å². The molecule has 0 fully saturated rings. The van der Waals surface area contributed by atoms with Gasteiger partial charge in [0.05, 0.1) is 13.7 Å². The molecule has 0 N–H and O–H groups in total. The van der Waals surface area contributed by atoms with E-state index in [-0.39, 0.29) is 10.7 Å². The number of carbonyl (C=O) groups excluding carboxylic acids is 1. The lowest BCUT2D eigenvalue weighted by atomic mass is 10.1. The predicted octanol–water partition coefficient (Wildman–Crippen LogP) is 2.17. The minimum absolute atomic E-state index is 0.00318. The van der Waals surface area contributed by atoms with Crippen molar-refractivity contribution in [2.75, 3.05) is 7.11 Å². The molecule has 0 spiro atoms. The van der Waals surface area contributed by atoms with E-state index >= 15 is 0 Å². The molecule has 0 aliphatic carbocycles. The quantitative estimate of drug-likeness (QED) is 0.794. The number of rotatable bonds is 4. The number of thiazole rings is 1. The number of ether oxygens (including phenoxy) is 1. The summed E-state index contributed by atoms with van der Waals surface area (Å²) in [6.07, 6.45) is 1.73. The van der Waals surface area contributed by atoms with E-state index in [1.165, 1.54) is 6.92 Å². The van der Waals surface area contributed by atoms with Crippen LogP contribution in [-0.2, 0) is 6.54 Å². The zero-order chi connectivity index (χ0) is 13.1. The summed E-state index contributed by atoms with van der Waals surface area (Å²) in [5, 5.41) is 1.74. The van der Waals surface area contributed by atoms with Gasteiger partial charge < -0.3 is 9.30 Å². The molecule has 4 nitrogen and oxygen atoms in total. The summed E-state index contributed by atoms with van der Waals surface area (Å²) in [6, 6.07) is 5.25. The molecule has 5 heteroatoms. The van der Waals surface area contributed by atoms with Crippen LogP contribution in [0.2, 0.25) is 0 Å². The van der Waals surface area contributed by atoms with Gasteiger partial charge in [-0.25, -0.2) is 0 Å². The zero-order valence-corrected chi connectivity index (χ0v) is 11.0. The molecule has 0 radical (unpaired) electrons. The van der Waals surface area contributed by atoms with Crippen LogP contribution < -0.4 is 9.61 Å². The SMILES string of the molecule is COc1ccc(C(C)=O)cc1Cn1ccsc1=O. The Morgan fingerprint density at radius 2 is 2.22 bits per heavy atom. The highest BCUT2D eigenvalue weighted by molar-refractivity contribution is 7.07. The first kappa shape index (κ1) is 12.6. The molecule has 0 amide bonds. The van der Waals surface area contributed by atoms with Crippen molar-refractivity contribution in [1.82, 2.24) is 4.57 Å². The van der Waals surface area contributed by atoms with Gasteiger partial charge in [0.1, 0.15) is 5.75 Å². The van der Waals surface area contributed by atoms with Gasteiger partial charge in [-0.2, -0.15) is 0 Å². The smallest absolute Gasteiger partial charge is 0.307 e. The molecule has 1 heterocycles. The maximum absolute atomic E-state index is 11.5. The Morgan fingerprint density at radius 1 is 1.44 bits per heavy atom. The number of carbonyl (C=O) groups is 1. The van der Waals surface area contributed by atoms with E-state index in [0.717, 1.165) is 16.9 Å². The third kappa shape index (κ3) is 2.51. The van der Waals surface area contributed by atoms with Crippen LogP contribution >= 0.6 is 11.3 Å². The van der Waals surface area contributed by atoms with Crippen LogP contribution in [0.1, 0.15) is 22.8 Å². The topological polar surface area (TPSA) is 48.3 Å². The van der Waals surface area contributed by atoms with Crippen LogP contribution in [0, 0.1) is 0 Å². The number of methoxy groups -OCH3 is 1. The molecule has 1 aromatic heterocycles. The van der Waals surface area contributed by atoms with Crippen LogP contribution in [0.4, 0.5) is 0 Å². The first-order valence-electron chi connectivity index (χ1n) is 5.43. The van der Waals surface area contributed by atoms with Gasteiger partial charge >= 0.3 is 4.87 Å². The van der Waals surface area contributed by atoms with E-state index in [1.807, 2.05) is 0 Å². The van der Waals surface area contributed by atoms with Crippen molar-refractivity contribution in [3.8, 4) is 5.75 Å². The third-order valence-corrected chi connectivity index (χ3v) is 3.37. The fourth-order valence-electron chi connectivity index (χ4n) is 1.71. The minimum Gasteiger partial charge on any atom is -0.496 e. The molecule has 0 saturated carbocycles. The lowest BCUT2D eigenvalue weighted by Gasteiger charge is -2.10. The van der Waals surface area contributed by atoms with Crippen LogP contribution in [0.3, 0.4) is 0 Å². The van der Waals surface area contributed by atoms with Crippen LogP contribution in [0.25, 0.3) is 0 Å². The molecule has 0 saturated heterocycles. The molecule has 0 bridgehead atoms. The predicted molar refractivity (Wildman–Crippen MR) is 70.7 cm³/mol. The van der Waals surface area contributed by atoms with Crippen LogP contribution in [-0.4, -0.2) is 17.5 Å². The Kier molecular flexibility index (Phi) is 3.62. The van der Waals surface area contributed by atoms with Crippen molar-refractivity contribution < 1.29 is 9.53 Å². The Bertz CT molecular complexity index is 627. The molecule has 94 valence electrons. The van der Waals surface area contributed by atoms with Crippen molar-refractivity contribution in [3.05, 3.63) is 50.6 Å². The second-order valence-corrected chi connectivity index (χ2v) is 4.74. The summed E-state index contributed by atoms with van der Waals surface area (Å²) in [4.78, 5) is 22.9. The molecule has 2 aromatic rings. The van der Waals surface area contributed by atoms with Crippen molar-refractivity contribution in [2.24, 2.45) is 0 Å². The molecule has 1 aromatic carbocycles. The van der Waals surface area contributed by atoms with Gasteiger partial charge in [-0.05, 0) is 25.1 Å². The van der Waals surface area contributed by atoms with Gasteiger partial charge in [0, 0.05) is 22.7 Å². The number of aromatic nitrogens is 1. The van der Waals surface area contributed by atoms with E-state index < -0.39 is 0 Å². The van der Waals surface area contributed by atoms with Gasteiger partial charge in [-0.15, -0.1) is 0 Å². The monoisotopic (exact) mass is 263 g/mol. The molecular formula is C13H13NO3S. The highest BCUT2D eigenvalue weighted by atomic mass is 32.1. The van der Waals surface area contributed by atoms with Crippen LogP contribution in [0.15, 0.2) is 34.6 Å². The van der Waals surface area contributed by atoms with E-state index in [1.54, 1.807) is 41.5 Å². The summed E-state index contributed by atoms with van der Waals surface area (Å²) in [5.41, 5.74) is 1.44. The second-order valence-electron chi connectivity index (χ2n) is 3.88. The van der Waals surface area contributed by atoms with E-state index in [0.29, 0.717) is 17.9 Å². The largest absolute Gasteiger partial charge is 0.496 e. The minimum atomic E-state index is -0.0229. The number of hydrogen-bond donors (Lipinski definition) is 0. The highest BCUT2D eigenvalue weighted by Gasteiger charge is 2.08. The summed E-state index contributed by atoms with van der Waals surface area (Å²) in [6.45, 7) is 1.93. The molecular weight excluding hydrogens is 250 g/mol. The van der Waals surface area contributed by atoms with E-state index in [4.69, 9.17) is 4.74 Å². The number of nitrogens with zero attached hydrogens (tertiary/aromatic N) is 1. The fourth-order valence-corrected chi connectivity index (χ4v) is 2.30. The fraction of sp³-hybridized carbons (Fsp3) is 0.231. The van der Waals surface area contributed by atoms with Gasteiger partial charge in [0.2, 0.25) is 0 Å². The molecule has 0 unspecified atom stereocenters. The summed E-state index contributed by atoms with van der Waals surface area (Å²) in [7, 11) is 1.57. The Hall–Kier alpha value is -1.88. The normalized spacial score (nSPS) is 10.3. The van der Waals surface area contributed by atoms with E-state index in [9.17, 15) is 9.59 Å². The number of hydrogen-bond acceptors (Lipinski definition) is 4. The second kappa shape index (κ2) is 5.18. The first-order chi connectivity index (χ1) is 8.61. The lowest BCUT2D eigenvalue weighted by molar-refractivity contribution is 0.101. The highest BCUT2D eigenvalue weighted by Crippen LogP contribution is 2.21. The van der Waals surface area contributed by atoms with E-state index in [2.05, 4.69) is 0 Å². The van der Waals surface area contributed by atoms with Crippen LogP contribution in [0.5, 0.6) is 5.75 Å². The Balaban J connectivity index is 2.41.